The van der Waals surface area contributed by atoms with Crippen molar-refractivity contribution in [2.24, 2.45) is 0 Å². The fraction of sp³-hybridized carbons (Fsp3) is 0.211. The van der Waals surface area contributed by atoms with E-state index in [1.54, 1.807) is 14.2 Å². The van der Waals surface area contributed by atoms with Gasteiger partial charge >= 0.3 is 6.18 Å². The van der Waals surface area contributed by atoms with Gasteiger partial charge in [-0.1, -0.05) is 0 Å². The summed E-state index contributed by atoms with van der Waals surface area (Å²) >= 11 is 0. The number of rotatable bonds is 4. The molecule has 2 N–H and O–H groups in total. The highest BCUT2D eigenvalue weighted by Gasteiger charge is 2.30. The van der Waals surface area contributed by atoms with Crippen molar-refractivity contribution in [1.29, 1.82) is 0 Å². The average molecular weight is 375 g/mol. The van der Waals surface area contributed by atoms with Crippen molar-refractivity contribution in [3.8, 4) is 22.8 Å². The zero-order valence-corrected chi connectivity index (χ0v) is 14.6. The first-order valence-electron chi connectivity index (χ1n) is 8.17. The highest BCUT2D eigenvalue weighted by Crippen LogP contribution is 2.44. The minimum absolute atomic E-state index is 0.542. The molecule has 0 fully saturated rings. The standard InChI is InChI=1S/C19H16F3N3O2/c1-26-15-8-10-7-14-17(13(10)9-16(15)27-2)24-25-18(14)23-12-5-3-11(4-6-12)19(20,21)22/h3-6,8-9H,7H2,1-2H3,(H2,23,24,25). The Morgan fingerprint density at radius 2 is 1.70 bits per heavy atom. The average Bonchev–Trinajstić information content (AvgIpc) is 3.19. The largest absolute Gasteiger partial charge is 0.493 e. The molecule has 3 aromatic rings. The second kappa shape index (κ2) is 6.22. The van der Waals surface area contributed by atoms with Crippen LogP contribution in [0.25, 0.3) is 11.3 Å². The number of aromatic amines is 1. The third kappa shape index (κ3) is 2.97. The molecule has 0 unspecified atom stereocenters. The summed E-state index contributed by atoms with van der Waals surface area (Å²) in [5, 5.41) is 10.4. The monoisotopic (exact) mass is 375 g/mol. The van der Waals surface area contributed by atoms with Gasteiger partial charge in [0.05, 0.1) is 25.5 Å². The predicted octanol–water partition coefficient (Wildman–Crippen LogP) is 4.76. The molecule has 1 heterocycles. The second-order valence-electron chi connectivity index (χ2n) is 6.17. The number of hydrogen-bond donors (Lipinski definition) is 2. The molecule has 0 saturated heterocycles. The first-order chi connectivity index (χ1) is 12.9. The molecule has 4 rings (SSSR count). The van der Waals surface area contributed by atoms with E-state index in [1.807, 2.05) is 12.1 Å². The molecule has 1 aromatic heterocycles. The molecule has 1 aliphatic rings. The first-order valence-corrected chi connectivity index (χ1v) is 8.17. The Morgan fingerprint density at radius 1 is 1.04 bits per heavy atom. The maximum absolute atomic E-state index is 12.7. The smallest absolute Gasteiger partial charge is 0.416 e. The zero-order chi connectivity index (χ0) is 19.2. The fourth-order valence-corrected chi connectivity index (χ4v) is 3.23. The molecular weight excluding hydrogens is 359 g/mol. The van der Waals surface area contributed by atoms with E-state index in [2.05, 4.69) is 15.5 Å². The number of fused-ring (bicyclic) bond motifs is 3. The summed E-state index contributed by atoms with van der Waals surface area (Å²) < 4.78 is 48.8. The minimum Gasteiger partial charge on any atom is -0.493 e. The van der Waals surface area contributed by atoms with Crippen molar-refractivity contribution in [3.63, 3.8) is 0 Å². The number of aromatic nitrogens is 2. The van der Waals surface area contributed by atoms with Crippen LogP contribution in [0.5, 0.6) is 11.5 Å². The summed E-state index contributed by atoms with van der Waals surface area (Å²) in [6.45, 7) is 0. The lowest BCUT2D eigenvalue weighted by Gasteiger charge is -2.10. The van der Waals surface area contributed by atoms with Crippen molar-refractivity contribution >= 4 is 11.5 Å². The summed E-state index contributed by atoms with van der Waals surface area (Å²) in [4.78, 5) is 0. The summed E-state index contributed by atoms with van der Waals surface area (Å²) in [6.07, 6.45) is -3.72. The molecule has 1 aliphatic carbocycles. The van der Waals surface area contributed by atoms with Gasteiger partial charge in [0.1, 0.15) is 5.82 Å². The van der Waals surface area contributed by atoms with Crippen molar-refractivity contribution in [2.75, 3.05) is 19.5 Å². The minimum atomic E-state index is -4.35. The Hall–Kier alpha value is -3.16. The lowest BCUT2D eigenvalue weighted by molar-refractivity contribution is -0.137. The number of anilines is 2. The molecule has 0 atom stereocenters. The van der Waals surface area contributed by atoms with Gasteiger partial charge in [-0.15, -0.1) is 0 Å². The van der Waals surface area contributed by atoms with Crippen LogP contribution in [0.4, 0.5) is 24.7 Å². The normalized spacial score (nSPS) is 12.5. The highest BCUT2D eigenvalue weighted by molar-refractivity contribution is 5.81. The van der Waals surface area contributed by atoms with Crippen LogP contribution in [0.1, 0.15) is 16.7 Å². The van der Waals surface area contributed by atoms with Crippen LogP contribution in [-0.2, 0) is 12.6 Å². The van der Waals surface area contributed by atoms with E-state index in [-0.39, 0.29) is 0 Å². The number of halogens is 3. The Kier molecular flexibility index (Phi) is 3.98. The van der Waals surface area contributed by atoms with E-state index in [0.29, 0.717) is 29.4 Å². The molecule has 8 heteroatoms. The molecule has 27 heavy (non-hydrogen) atoms. The number of benzene rings is 2. The molecule has 140 valence electrons. The van der Waals surface area contributed by atoms with Gasteiger partial charge in [-0.25, -0.2) is 0 Å². The van der Waals surface area contributed by atoms with Gasteiger partial charge in [0.2, 0.25) is 0 Å². The van der Waals surface area contributed by atoms with E-state index < -0.39 is 11.7 Å². The maximum Gasteiger partial charge on any atom is 0.416 e. The van der Waals surface area contributed by atoms with E-state index in [1.165, 1.54) is 12.1 Å². The molecular formula is C19H16F3N3O2. The summed E-state index contributed by atoms with van der Waals surface area (Å²) in [5.41, 5.74) is 3.59. The first kappa shape index (κ1) is 17.3. The van der Waals surface area contributed by atoms with Crippen molar-refractivity contribution in [2.45, 2.75) is 12.6 Å². The van der Waals surface area contributed by atoms with Gasteiger partial charge in [-0.2, -0.15) is 18.3 Å². The Morgan fingerprint density at radius 3 is 2.33 bits per heavy atom. The van der Waals surface area contributed by atoms with Gasteiger partial charge in [0.25, 0.3) is 0 Å². The lowest BCUT2D eigenvalue weighted by atomic mass is 10.1. The molecule has 0 saturated carbocycles. The molecule has 0 bridgehead atoms. The number of nitrogens with zero attached hydrogens (tertiary/aromatic N) is 1. The SMILES string of the molecule is COc1cc2c(cc1OC)-c1n[nH]c(Nc3ccc(C(F)(F)F)cc3)c1C2. The predicted molar refractivity (Wildman–Crippen MR) is 94.7 cm³/mol. The van der Waals surface area contributed by atoms with Crippen LogP contribution in [0, 0.1) is 0 Å². The van der Waals surface area contributed by atoms with Crippen LogP contribution < -0.4 is 14.8 Å². The fourth-order valence-electron chi connectivity index (χ4n) is 3.23. The molecule has 0 aliphatic heterocycles. The number of ether oxygens (including phenoxy) is 2. The van der Waals surface area contributed by atoms with Gasteiger partial charge in [-0.05, 0) is 42.0 Å². The summed E-state index contributed by atoms with van der Waals surface area (Å²) in [6, 6.07) is 8.67. The van der Waals surface area contributed by atoms with E-state index in [0.717, 1.165) is 34.5 Å². The summed E-state index contributed by atoms with van der Waals surface area (Å²) in [5.74, 6) is 1.91. The van der Waals surface area contributed by atoms with Crippen molar-refractivity contribution in [3.05, 3.63) is 53.1 Å². The maximum atomic E-state index is 12.7. The van der Waals surface area contributed by atoms with Crippen molar-refractivity contribution in [1.82, 2.24) is 10.2 Å². The van der Waals surface area contributed by atoms with E-state index in [9.17, 15) is 13.2 Å². The van der Waals surface area contributed by atoms with E-state index >= 15 is 0 Å². The highest BCUT2D eigenvalue weighted by atomic mass is 19.4. The van der Waals surface area contributed by atoms with Crippen LogP contribution >= 0.6 is 0 Å². The number of hydrogen-bond acceptors (Lipinski definition) is 4. The van der Waals surface area contributed by atoms with Crippen LogP contribution in [0.2, 0.25) is 0 Å². The van der Waals surface area contributed by atoms with Gasteiger partial charge in [-0.3, -0.25) is 5.10 Å². The zero-order valence-electron chi connectivity index (χ0n) is 14.6. The van der Waals surface area contributed by atoms with Gasteiger partial charge < -0.3 is 14.8 Å². The molecule has 2 aromatic carbocycles. The van der Waals surface area contributed by atoms with Gasteiger partial charge in [0, 0.05) is 23.2 Å². The molecule has 0 radical (unpaired) electrons. The van der Waals surface area contributed by atoms with E-state index in [4.69, 9.17) is 9.47 Å². The van der Waals surface area contributed by atoms with Crippen LogP contribution in [0.15, 0.2) is 36.4 Å². The third-order valence-corrected chi connectivity index (χ3v) is 4.58. The van der Waals surface area contributed by atoms with Crippen LogP contribution in [0.3, 0.4) is 0 Å². The molecule has 0 spiro atoms. The number of alkyl halides is 3. The Balaban J connectivity index is 1.63. The number of H-pyrrole nitrogens is 1. The Labute approximate surface area is 153 Å². The summed E-state index contributed by atoms with van der Waals surface area (Å²) in [7, 11) is 3.15. The molecule has 5 nitrogen and oxygen atoms in total. The van der Waals surface area contributed by atoms with Crippen molar-refractivity contribution < 1.29 is 22.6 Å². The quantitative estimate of drug-likeness (QED) is 0.540. The second-order valence-corrected chi connectivity index (χ2v) is 6.17. The topological polar surface area (TPSA) is 59.2 Å². The molecule has 0 amide bonds. The Bertz CT molecular complexity index is 995. The van der Waals surface area contributed by atoms with Crippen LogP contribution in [-0.4, -0.2) is 24.4 Å². The third-order valence-electron chi connectivity index (χ3n) is 4.58. The number of methoxy groups -OCH3 is 2. The number of nitrogens with one attached hydrogen (secondary N) is 2. The lowest BCUT2D eigenvalue weighted by Crippen LogP contribution is -2.04. The van der Waals surface area contributed by atoms with Gasteiger partial charge in [0.15, 0.2) is 11.5 Å².